The zero-order valence-electron chi connectivity index (χ0n) is 22.5. The summed E-state index contributed by atoms with van der Waals surface area (Å²) < 4.78 is 5.49. The van der Waals surface area contributed by atoms with Gasteiger partial charge in [-0.05, 0) is 73.5 Å². The van der Waals surface area contributed by atoms with Gasteiger partial charge in [0.1, 0.15) is 6.10 Å². The third-order valence-electron chi connectivity index (χ3n) is 11.1. The summed E-state index contributed by atoms with van der Waals surface area (Å²) in [5, 5.41) is 24.1. The van der Waals surface area contributed by atoms with E-state index in [-0.39, 0.29) is 29.3 Å². The molecule has 4 aliphatic carbocycles. The number of aliphatic hydroxyl groups is 2. The fourth-order valence-corrected chi connectivity index (χ4v) is 8.64. The van der Waals surface area contributed by atoms with E-state index in [1.54, 1.807) is 0 Å². The molecule has 0 aliphatic heterocycles. The van der Waals surface area contributed by atoms with E-state index in [2.05, 4.69) is 53.7 Å². The molecule has 34 heavy (non-hydrogen) atoms. The Hall–Kier alpha value is -1.13. The first-order valence-electron chi connectivity index (χ1n) is 13.8. The summed E-state index contributed by atoms with van der Waals surface area (Å²) in [4.78, 5) is 11.5. The van der Waals surface area contributed by atoms with Gasteiger partial charge in [-0.25, -0.2) is 0 Å². The van der Waals surface area contributed by atoms with Gasteiger partial charge in [0.25, 0.3) is 0 Å². The summed E-state index contributed by atoms with van der Waals surface area (Å²) in [5.41, 5.74) is -2.24. The van der Waals surface area contributed by atoms with Crippen LogP contribution in [-0.2, 0) is 9.53 Å². The van der Waals surface area contributed by atoms with Crippen LogP contribution in [0.15, 0.2) is 24.3 Å². The van der Waals surface area contributed by atoms with Crippen molar-refractivity contribution >= 4 is 5.97 Å². The van der Waals surface area contributed by atoms with E-state index in [0.717, 1.165) is 38.5 Å². The number of rotatable bonds is 5. The fourth-order valence-electron chi connectivity index (χ4n) is 8.64. The number of allylic oxidation sites excluding steroid dienone is 2. The minimum absolute atomic E-state index is 0.0249. The molecule has 0 bridgehead atoms. The maximum absolute atomic E-state index is 12.3. The van der Waals surface area contributed by atoms with Crippen LogP contribution in [0.3, 0.4) is 0 Å². The van der Waals surface area contributed by atoms with Crippen molar-refractivity contribution in [2.24, 2.45) is 46.3 Å². The molecule has 2 N–H and O–H groups in total. The van der Waals surface area contributed by atoms with Crippen molar-refractivity contribution in [3.05, 3.63) is 24.3 Å². The van der Waals surface area contributed by atoms with E-state index < -0.39 is 16.6 Å². The Balaban J connectivity index is 1.60. The van der Waals surface area contributed by atoms with Gasteiger partial charge in [-0.3, -0.25) is 4.79 Å². The fraction of sp³-hybridized carbons (Fsp3) is 0.833. The Morgan fingerprint density at radius 2 is 1.68 bits per heavy atom. The average Bonchev–Trinajstić information content (AvgIpc) is 3.11. The molecule has 0 radical (unpaired) electrons. The van der Waals surface area contributed by atoms with Crippen molar-refractivity contribution in [1.29, 1.82) is 0 Å². The van der Waals surface area contributed by atoms with Gasteiger partial charge in [0, 0.05) is 24.7 Å². The minimum Gasteiger partial charge on any atom is -0.462 e. The molecular formula is C30H48O4. The number of hydrogen-bond acceptors (Lipinski definition) is 4. The number of carbonyl (C=O) groups excluding carboxylic acids is 1. The molecule has 4 nitrogen and oxygen atoms in total. The quantitative estimate of drug-likeness (QED) is 0.377. The minimum atomic E-state index is -1.04. The predicted octanol–water partition coefficient (Wildman–Crippen LogP) is 6.07. The van der Waals surface area contributed by atoms with Gasteiger partial charge in [-0.2, -0.15) is 0 Å². The van der Waals surface area contributed by atoms with E-state index >= 15 is 0 Å². The maximum atomic E-state index is 12.3. The van der Waals surface area contributed by atoms with E-state index in [0.29, 0.717) is 30.1 Å². The lowest BCUT2D eigenvalue weighted by Gasteiger charge is -2.64. The standard InChI is InChI=1S/C30H48O4/c1-19(2)20(3)8-9-21(4)24-10-11-25-27(24,6)14-13-26-28(7)15-12-23(34-22(5)31)18-29(28,32)16-17-30(25,26)33/h8-9,16-17,19-21,23-26,32-33H,10-15,18H2,1-7H3/b9-8+/t20-,21+,23+,24-,25-,26-,27+,28+,29+,30-/m0/s1. The molecule has 4 heteroatoms. The van der Waals surface area contributed by atoms with Crippen molar-refractivity contribution < 1.29 is 19.7 Å². The van der Waals surface area contributed by atoms with E-state index in [1.165, 1.54) is 6.92 Å². The lowest BCUT2D eigenvalue weighted by molar-refractivity contribution is -0.223. The molecule has 0 unspecified atom stereocenters. The highest BCUT2D eigenvalue weighted by molar-refractivity contribution is 5.66. The molecule has 0 aromatic carbocycles. The molecule has 3 saturated carbocycles. The summed E-state index contributed by atoms with van der Waals surface area (Å²) >= 11 is 0. The topological polar surface area (TPSA) is 66.8 Å². The highest BCUT2D eigenvalue weighted by atomic mass is 16.5. The van der Waals surface area contributed by atoms with Gasteiger partial charge >= 0.3 is 5.97 Å². The Bertz CT molecular complexity index is 847. The summed E-state index contributed by atoms with van der Waals surface area (Å²) in [5.74, 6) is 2.24. The number of ether oxygens (including phenoxy) is 1. The predicted molar refractivity (Wildman–Crippen MR) is 136 cm³/mol. The Morgan fingerprint density at radius 3 is 2.32 bits per heavy atom. The lowest BCUT2D eigenvalue weighted by Crippen LogP contribution is -2.67. The van der Waals surface area contributed by atoms with Gasteiger partial charge in [0.05, 0.1) is 11.2 Å². The van der Waals surface area contributed by atoms with E-state index in [4.69, 9.17) is 4.74 Å². The first-order valence-corrected chi connectivity index (χ1v) is 13.8. The highest BCUT2D eigenvalue weighted by Crippen LogP contribution is 2.69. The summed E-state index contributed by atoms with van der Waals surface area (Å²) in [6.45, 7) is 15.3. The largest absolute Gasteiger partial charge is 0.462 e. The van der Waals surface area contributed by atoms with E-state index in [9.17, 15) is 15.0 Å². The second-order valence-electron chi connectivity index (χ2n) is 13.2. The summed E-state index contributed by atoms with van der Waals surface area (Å²) in [7, 11) is 0. The number of carbonyl (C=O) groups is 1. The Labute approximate surface area is 207 Å². The van der Waals surface area contributed by atoms with E-state index in [1.807, 2.05) is 12.2 Å². The molecule has 0 amide bonds. The molecule has 0 aromatic heterocycles. The van der Waals surface area contributed by atoms with Crippen LogP contribution in [0.25, 0.3) is 0 Å². The number of hydrogen-bond donors (Lipinski definition) is 2. The first kappa shape index (κ1) is 25.9. The third kappa shape index (κ3) is 3.92. The van der Waals surface area contributed by atoms with Crippen molar-refractivity contribution in [2.75, 3.05) is 0 Å². The van der Waals surface area contributed by atoms with Gasteiger partial charge in [0.15, 0.2) is 0 Å². The van der Waals surface area contributed by atoms with Crippen LogP contribution < -0.4 is 0 Å². The zero-order valence-corrected chi connectivity index (χ0v) is 22.5. The molecule has 4 aliphatic rings. The van der Waals surface area contributed by atoms with Crippen molar-refractivity contribution in [1.82, 2.24) is 0 Å². The van der Waals surface area contributed by atoms with Gasteiger partial charge in [-0.15, -0.1) is 0 Å². The molecule has 3 fully saturated rings. The first-order chi connectivity index (χ1) is 15.8. The SMILES string of the molecule is CC(=O)O[C@@H]1CC[C@]2(C)[C@@H]3CC[C@@]4(C)[C@H](CC[C@H]4[C@H](C)/C=C/[C@H](C)C(C)C)[C@@]3(O)C=C[C@@]2(O)C1. The molecule has 192 valence electrons. The summed E-state index contributed by atoms with van der Waals surface area (Å²) in [6.07, 6.45) is 14.6. The molecule has 0 saturated heterocycles. The third-order valence-corrected chi connectivity index (χ3v) is 11.1. The average molecular weight is 473 g/mol. The van der Waals surface area contributed by atoms with Crippen LogP contribution in [0.1, 0.15) is 93.4 Å². The number of esters is 1. The Morgan fingerprint density at radius 1 is 0.971 bits per heavy atom. The van der Waals surface area contributed by atoms with Gasteiger partial charge in [-0.1, -0.05) is 65.8 Å². The van der Waals surface area contributed by atoms with Crippen LogP contribution >= 0.6 is 0 Å². The van der Waals surface area contributed by atoms with Crippen molar-refractivity contribution in [3.8, 4) is 0 Å². The van der Waals surface area contributed by atoms with Crippen LogP contribution in [-0.4, -0.2) is 33.5 Å². The molecule has 0 heterocycles. The van der Waals surface area contributed by atoms with Crippen molar-refractivity contribution in [3.63, 3.8) is 0 Å². The maximum Gasteiger partial charge on any atom is 0.302 e. The molecule has 4 rings (SSSR count). The van der Waals surface area contributed by atoms with Crippen LogP contribution in [0.4, 0.5) is 0 Å². The number of fused-ring (bicyclic) bond motifs is 5. The van der Waals surface area contributed by atoms with Crippen molar-refractivity contribution in [2.45, 2.75) is 111 Å². The monoisotopic (exact) mass is 472 g/mol. The van der Waals surface area contributed by atoms with Crippen LogP contribution in [0, 0.1) is 46.3 Å². The molecule has 0 aromatic rings. The summed E-state index contributed by atoms with van der Waals surface area (Å²) in [6, 6.07) is 0. The molecular weight excluding hydrogens is 424 g/mol. The second kappa shape index (κ2) is 8.76. The Kier molecular flexibility index (Phi) is 6.69. The highest BCUT2D eigenvalue weighted by Gasteiger charge is 2.68. The smallest absolute Gasteiger partial charge is 0.302 e. The van der Waals surface area contributed by atoms with Gasteiger partial charge in [0.2, 0.25) is 0 Å². The zero-order chi connectivity index (χ0) is 25.1. The van der Waals surface area contributed by atoms with Gasteiger partial charge < -0.3 is 14.9 Å². The molecule has 0 spiro atoms. The lowest BCUT2D eigenvalue weighted by atomic mass is 9.43. The van der Waals surface area contributed by atoms with Crippen LogP contribution in [0.2, 0.25) is 0 Å². The van der Waals surface area contributed by atoms with Crippen LogP contribution in [0.5, 0.6) is 0 Å². The molecule has 10 atom stereocenters. The second-order valence-corrected chi connectivity index (χ2v) is 13.2. The normalized spacial score (nSPS) is 47.7.